The van der Waals surface area contributed by atoms with E-state index >= 15 is 0 Å². The minimum absolute atomic E-state index is 0.0690. The Labute approximate surface area is 188 Å². The van der Waals surface area contributed by atoms with E-state index in [-0.39, 0.29) is 17.5 Å². The topological polar surface area (TPSA) is 66.5 Å². The van der Waals surface area contributed by atoms with Crippen LogP contribution in [0.1, 0.15) is 29.7 Å². The number of carbonyl (C=O) groups excluding carboxylic acids is 1. The molecule has 0 aliphatic rings. The largest absolute Gasteiger partial charge is 0.348 e. The minimum atomic E-state index is -3.98. The van der Waals surface area contributed by atoms with E-state index in [1.54, 1.807) is 12.1 Å². The Bertz CT molecular complexity index is 1160. The lowest BCUT2D eigenvalue weighted by Gasteiger charge is -2.26. The van der Waals surface area contributed by atoms with Gasteiger partial charge < -0.3 is 5.32 Å². The second-order valence-electron chi connectivity index (χ2n) is 7.45. The number of aryl methyl sites for hydroxylation is 2. The summed E-state index contributed by atoms with van der Waals surface area (Å²) < 4.78 is 28.0. The van der Waals surface area contributed by atoms with Crippen LogP contribution in [0.25, 0.3) is 0 Å². The molecule has 0 aromatic heterocycles. The number of halogens is 1. The van der Waals surface area contributed by atoms with Gasteiger partial charge in [-0.15, -0.1) is 0 Å². The summed E-state index contributed by atoms with van der Waals surface area (Å²) in [5.74, 6) is -0.395. The Morgan fingerprint density at radius 2 is 1.58 bits per heavy atom. The van der Waals surface area contributed by atoms with Gasteiger partial charge in [-0.05, 0) is 62.2 Å². The summed E-state index contributed by atoms with van der Waals surface area (Å²) >= 11 is 5.92. The fraction of sp³-hybridized carbons (Fsp3) is 0.208. The maximum Gasteiger partial charge on any atom is 0.264 e. The highest BCUT2D eigenvalue weighted by atomic mass is 35.5. The molecule has 3 aromatic carbocycles. The molecule has 3 rings (SSSR count). The number of amides is 1. The van der Waals surface area contributed by atoms with Gasteiger partial charge in [-0.2, -0.15) is 0 Å². The van der Waals surface area contributed by atoms with Crippen molar-refractivity contribution in [3.8, 4) is 0 Å². The van der Waals surface area contributed by atoms with Gasteiger partial charge in [-0.25, -0.2) is 8.42 Å². The lowest BCUT2D eigenvalue weighted by Crippen LogP contribution is -2.41. The summed E-state index contributed by atoms with van der Waals surface area (Å²) in [6.07, 6.45) is 0. The SMILES string of the molecule is Cc1ccc([C@@H](C)NC(=O)CN(c2ccccc2C)S(=O)(=O)c2ccc(Cl)cc2)cc1. The quantitative estimate of drug-likeness (QED) is 0.542. The maximum atomic E-state index is 13.4. The Hall–Kier alpha value is -2.83. The zero-order valence-electron chi connectivity index (χ0n) is 17.7. The number of hydrogen-bond acceptors (Lipinski definition) is 3. The molecule has 0 unspecified atom stereocenters. The highest BCUT2D eigenvalue weighted by molar-refractivity contribution is 7.92. The van der Waals surface area contributed by atoms with Crippen molar-refractivity contribution < 1.29 is 13.2 Å². The van der Waals surface area contributed by atoms with Crippen LogP contribution in [-0.4, -0.2) is 20.9 Å². The van der Waals surface area contributed by atoms with E-state index < -0.39 is 15.9 Å². The van der Waals surface area contributed by atoms with Crippen LogP contribution in [0.15, 0.2) is 77.7 Å². The molecule has 5 nitrogen and oxygen atoms in total. The Morgan fingerprint density at radius 3 is 2.19 bits per heavy atom. The van der Waals surface area contributed by atoms with Crippen molar-refractivity contribution in [2.24, 2.45) is 0 Å². The van der Waals surface area contributed by atoms with Crippen molar-refractivity contribution in [1.29, 1.82) is 0 Å². The summed E-state index contributed by atoms with van der Waals surface area (Å²) in [5.41, 5.74) is 3.28. The summed E-state index contributed by atoms with van der Waals surface area (Å²) in [7, 11) is -3.98. The van der Waals surface area contributed by atoms with Crippen LogP contribution < -0.4 is 9.62 Å². The van der Waals surface area contributed by atoms with Crippen LogP contribution in [0.5, 0.6) is 0 Å². The first kappa shape index (κ1) is 22.8. The smallest absolute Gasteiger partial charge is 0.264 e. The van der Waals surface area contributed by atoms with Crippen molar-refractivity contribution >= 4 is 33.2 Å². The van der Waals surface area contributed by atoms with Gasteiger partial charge in [-0.3, -0.25) is 9.10 Å². The Morgan fingerprint density at radius 1 is 0.968 bits per heavy atom. The molecule has 0 aliphatic heterocycles. The van der Waals surface area contributed by atoms with E-state index in [9.17, 15) is 13.2 Å². The molecule has 0 saturated carbocycles. The number of benzene rings is 3. The van der Waals surface area contributed by atoms with Crippen LogP contribution >= 0.6 is 11.6 Å². The van der Waals surface area contributed by atoms with Crippen molar-refractivity contribution in [1.82, 2.24) is 5.32 Å². The van der Waals surface area contributed by atoms with Gasteiger partial charge in [0.15, 0.2) is 0 Å². The van der Waals surface area contributed by atoms with Crippen LogP contribution in [0.3, 0.4) is 0 Å². The van der Waals surface area contributed by atoms with Crippen molar-refractivity contribution in [2.75, 3.05) is 10.8 Å². The Balaban J connectivity index is 1.90. The van der Waals surface area contributed by atoms with Gasteiger partial charge in [0, 0.05) is 5.02 Å². The molecular formula is C24H25ClN2O3S. The van der Waals surface area contributed by atoms with Crippen molar-refractivity contribution in [2.45, 2.75) is 31.7 Å². The summed E-state index contributed by atoms with van der Waals surface area (Å²) in [5, 5.41) is 3.34. The average Bonchev–Trinajstić information content (AvgIpc) is 2.73. The molecule has 3 aromatic rings. The van der Waals surface area contributed by atoms with E-state index in [0.29, 0.717) is 10.7 Å². The van der Waals surface area contributed by atoms with Gasteiger partial charge in [-0.1, -0.05) is 59.6 Å². The molecule has 0 saturated heterocycles. The van der Waals surface area contributed by atoms with Crippen LogP contribution in [0, 0.1) is 13.8 Å². The number of rotatable bonds is 7. The first-order valence-electron chi connectivity index (χ1n) is 9.88. The number of sulfonamides is 1. The van der Waals surface area contributed by atoms with Gasteiger partial charge >= 0.3 is 0 Å². The molecule has 0 heterocycles. The van der Waals surface area contributed by atoms with E-state index in [4.69, 9.17) is 11.6 Å². The fourth-order valence-electron chi connectivity index (χ4n) is 3.23. The van der Waals surface area contributed by atoms with Crippen LogP contribution in [-0.2, 0) is 14.8 Å². The Kier molecular flexibility index (Phi) is 7.03. The number of anilines is 1. The molecule has 162 valence electrons. The van der Waals surface area contributed by atoms with Gasteiger partial charge in [0.2, 0.25) is 5.91 Å². The van der Waals surface area contributed by atoms with Crippen LogP contribution in [0.2, 0.25) is 5.02 Å². The third-order valence-corrected chi connectivity index (χ3v) is 7.05. The summed E-state index contributed by atoms with van der Waals surface area (Å²) in [6.45, 7) is 5.33. The lowest BCUT2D eigenvalue weighted by molar-refractivity contribution is -0.120. The van der Waals surface area contributed by atoms with E-state index in [1.807, 2.05) is 57.2 Å². The zero-order chi connectivity index (χ0) is 22.6. The third-order valence-electron chi connectivity index (χ3n) is 5.03. The highest BCUT2D eigenvalue weighted by Crippen LogP contribution is 2.27. The molecule has 0 fully saturated rings. The third kappa shape index (κ3) is 5.46. The molecule has 1 atom stereocenters. The first-order chi connectivity index (χ1) is 14.7. The number of para-hydroxylation sites is 1. The van der Waals surface area contributed by atoms with Gasteiger partial charge in [0.25, 0.3) is 10.0 Å². The number of nitrogens with one attached hydrogen (secondary N) is 1. The van der Waals surface area contributed by atoms with E-state index in [2.05, 4.69) is 5.32 Å². The van der Waals surface area contributed by atoms with Crippen molar-refractivity contribution in [3.05, 3.63) is 94.5 Å². The second-order valence-corrected chi connectivity index (χ2v) is 9.75. The molecule has 0 radical (unpaired) electrons. The lowest BCUT2D eigenvalue weighted by atomic mass is 10.1. The first-order valence-corrected chi connectivity index (χ1v) is 11.7. The fourth-order valence-corrected chi connectivity index (χ4v) is 4.84. The second kappa shape index (κ2) is 9.54. The predicted molar refractivity (Wildman–Crippen MR) is 125 cm³/mol. The van der Waals surface area contributed by atoms with E-state index in [1.165, 1.54) is 24.3 Å². The highest BCUT2D eigenvalue weighted by Gasteiger charge is 2.28. The number of hydrogen-bond donors (Lipinski definition) is 1. The standard InChI is InChI=1S/C24H25ClN2O3S/c1-17-8-10-20(11-9-17)19(3)26-24(28)16-27(23-7-5-4-6-18(23)2)31(29,30)22-14-12-21(25)13-15-22/h4-15,19H,16H2,1-3H3,(H,26,28)/t19-/m1/s1. The normalized spacial score (nSPS) is 12.3. The number of carbonyl (C=O) groups is 1. The molecule has 0 aliphatic carbocycles. The molecule has 1 N–H and O–H groups in total. The molecule has 7 heteroatoms. The number of nitrogens with zero attached hydrogens (tertiary/aromatic N) is 1. The molecule has 1 amide bonds. The predicted octanol–water partition coefficient (Wildman–Crippen LogP) is 5.03. The summed E-state index contributed by atoms with van der Waals surface area (Å²) in [6, 6.07) is 20.6. The molecular weight excluding hydrogens is 432 g/mol. The van der Waals surface area contributed by atoms with E-state index in [0.717, 1.165) is 21.0 Å². The van der Waals surface area contributed by atoms with Gasteiger partial charge in [0.05, 0.1) is 16.6 Å². The minimum Gasteiger partial charge on any atom is -0.348 e. The zero-order valence-corrected chi connectivity index (χ0v) is 19.2. The monoisotopic (exact) mass is 456 g/mol. The average molecular weight is 457 g/mol. The summed E-state index contributed by atoms with van der Waals surface area (Å²) in [4.78, 5) is 13.0. The molecule has 0 bridgehead atoms. The maximum absolute atomic E-state index is 13.4. The van der Waals surface area contributed by atoms with Gasteiger partial charge in [0.1, 0.15) is 6.54 Å². The molecule has 0 spiro atoms. The van der Waals surface area contributed by atoms with Crippen LogP contribution in [0.4, 0.5) is 5.69 Å². The van der Waals surface area contributed by atoms with Crippen molar-refractivity contribution in [3.63, 3.8) is 0 Å². The molecule has 31 heavy (non-hydrogen) atoms.